The summed E-state index contributed by atoms with van der Waals surface area (Å²) in [6.45, 7) is 0.725. The van der Waals surface area contributed by atoms with Gasteiger partial charge in [-0.1, -0.05) is 6.42 Å². The van der Waals surface area contributed by atoms with E-state index < -0.39 is 0 Å². The molecule has 98 valence electrons. The highest BCUT2D eigenvalue weighted by Crippen LogP contribution is 2.30. The van der Waals surface area contributed by atoms with Gasteiger partial charge in [-0.15, -0.1) is 0 Å². The van der Waals surface area contributed by atoms with Gasteiger partial charge in [-0.3, -0.25) is 9.59 Å². The van der Waals surface area contributed by atoms with Crippen LogP contribution in [-0.4, -0.2) is 34.4 Å². The molecule has 3 N–H and O–H groups in total. The summed E-state index contributed by atoms with van der Waals surface area (Å²) in [5.41, 5.74) is -0.129. The molecule has 1 aromatic heterocycles. The first-order valence-corrected chi connectivity index (χ1v) is 6.15. The minimum absolute atomic E-state index is 0.178. The smallest absolute Gasteiger partial charge is 0.271 e. The molecule has 1 saturated carbocycles. The van der Waals surface area contributed by atoms with E-state index in [0.717, 1.165) is 19.3 Å². The Morgan fingerprint density at radius 2 is 2.22 bits per heavy atom. The first kappa shape index (κ1) is 12.8. The van der Waals surface area contributed by atoms with Crippen molar-refractivity contribution in [3.8, 4) is 0 Å². The van der Waals surface area contributed by atoms with Crippen LogP contribution in [0.5, 0.6) is 0 Å². The Bertz CT molecular complexity index is 451. The molecule has 1 aliphatic carbocycles. The first-order chi connectivity index (χ1) is 8.70. The van der Waals surface area contributed by atoms with Crippen LogP contribution in [-0.2, 0) is 0 Å². The fraction of sp³-hybridized carbons (Fsp3) is 0.583. The maximum Gasteiger partial charge on any atom is 0.271 e. The minimum Gasteiger partial charge on any atom is -0.396 e. The van der Waals surface area contributed by atoms with Crippen LogP contribution >= 0.6 is 0 Å². The number of aromatic amines is 1. The second-order valence-electron chi connectivity index (χ2n) is 4.65. The summed E-state index contributed by atoms with van der Waals surface area (Å²) in [6, 6.07) is 2.67. The Morgan fingerprint density at radius 3 is 2.89 bits per heavy atom. The van der Waals surface area contributed by atoms with Gasteiger partial charge in [-0.2, -0.15) is 5.10 Å². The van der Waals surface area contributed by atoms with Gasteiger partial charge < -0.3 is 10.4 Å². The highest BCUT2D eigenvalue weighted by atomic mass is 16.3. The molecule has 0 radical (unpaired) electrons. The lowest BCUT2D eigenvalue weighted by molar-refractivity contribution is 0.0931. The van der Waals surface area contributed by atoms with E-state index in [-0.39, 0.29) is 29.7 Å². The van der Waals surface area contributed by atoms with Gasteiger partial charge in [-0.05, 0) is 30.7 Å². The topological polar surface area (TPSA) is 95.1 Å². The van der Waals surface area contributed by atoms with E-state index in [0.29, 0.717) is 12.5 Å². The lowest BCUT2D eigenvalue weighted by Crippen LogP contribution is -2.32. The quantitative estimate of drug-likeness (QED) is 0.697. The molecule has 6 heteroatoms. The zero-order valence-electron chi connectivity index (χ0n) is 10.1. The fourth-order valence-corrected chi connectivity index (χ4v) is 2.41. The van der Waals surface area contributed by atoms with Crippen molar-refractivity contribution in [1.29, 1.82) is 0 Å². The van der Waals surface area contributed by atoms with Crippen molar-refractivity contribution in [3.05, 3.63) is 28.2 Å². The molecule has 1 aliphatic rings. The third-order valence-electron chi connectivity index (χ3n) is 3.49. The number of amides is 1. The SMILES string of the molecule is O=C(NCC1CCCC1CO)c1ccc(=O)[nH]n1. The number of aliphatic hydroxyl groups is 1. The molecule has 0 aliphatic heterocycles. The molecule has 1 amide bonds. The Kier molecular flexibility index (Phi) is 4.09. The normalized spacial score (nSPS) is 22.9. The van der Waals surface area contributed by atoms with E-state index in [9.17, 15) is 14.7 Å². The molecule has 18 heavy (non-hydrogen) atoms. The molecule has 1 fully saturated rings. The molecule has 0 aromatic carbocycles. The Labute approximate surface area is 104 Å². The number of carbonyl (C=O) groups is 1. The zero-order chi connectivity index (χ0) is 13.0. The van der Waals surface area contributed by atoms with Gasteiger partial charge in [0.05, 0.1) is 0 Å². The van der Waals surface area contributed by atoms with E-state index in [4.69, 9.17) is 0 Å². The van der Waals surface area contributed by atoms with Crippen LogP contribution in [0, 0.1) is 11.8 Å². The number of carbonyl (C=O) groups excluding carboxylic acids is 1. The van der Waals surface area contributed by atoms with E-state index >= 15 is 0 Å². The van der Waals surface area contributed by atoms with Crippen LogP contribution in [0.3, 0.4) is 0 Å². The average Bonchev–Trinajstić information content (AvgIpc) is 2.84. The number of nitrogens with one attached hydrogen (secondary N) is 2. The molecule has 6 nitrogen and oxygen atoms in total. The number of hydrogen-bond donors (Lipinski definition) is 3. The maximum absolute atomic E-state index is 11.7. The van der Waals surface area contributed by atoms with Crippen molar-refractivity contribution in [2.45, 2.75) is 19.3 Å². The predicted molar refractivity (Wildman–Crippen MR) is 65.1 cm³/mol. The summed E-state index contributed by atoms with van der Waals surface area (Å²) >= 11 is 0. The molecule has 0 saturated heterocycles. The van der Waals surface area contributed by atoms with Gasteiger partial charge >= 0.3 is 0 Å². The summed E-state index contributed by atoms with van der Waals surface area (Å²) in [6.07, 6.45) is 3.15. The van der Waals surface area contributed by atoms with Crippen molar-refractivity contribution in [3.63, 3.8) is 0 Å². The fourth-order valence-electron chi connectivity index (χ4n) is 2.41. The van der Waals surface area contributed by atoms with Crippen LogP contribution in [0.4, 0.5) is 0 Å². The van der Waals surface area contributed by atoms with Crippen LogP contribution in [0.1, 0.15) is 29.8 Å². The summed E-state index contributed by atoms with van der Waals surface area (Å²) in [7, 11) is 0. The van der Waals surface area contributed by atoms with Crippen molar-refractivity contribution >= 4 is 5.91 Å². The predicted octanol–water partition coefficient (Wildman–Crippen LogP) is -0.0917. The highest BCUT2D eigenvalue weighted by Gasteiger charge is 2.26. The number of H-pyrrole nitrogens is 1. The molecular formula is C12H17N3O3. The van der Waals surface area contributed by atoms with Gasteiger partial charge in [0.15, 0.2) is 0 Å². The maximum atomic E-state index is 11.7. The molecule has 2 atom stereocenters. The minimum atomic E-state index is -0.331. The Balaban J connectivity index is 1.88. The van der Waals surface area contributed by atoms with Crippen molar-refractivity contribution in [1.82, 2.24) is 15.5 Å². The van der Waals surface area contributed by atoms with Crippen LogP contribution in [0.2, 0.25) is 0 Å². The van der Waals surface area contributed by atoms with E-state index in [1.165, 1.54) is 12.1 Å². The molecule has 1 aromatic rings. The van der Waals surface area contributed by atoms with Crippen LogP contribution in [0.15, 0.2) is 16.9 Å². The number of nitrogens with zero attached hydrogens (tertiary/aromatic N) is 1. The van der Waals surface area contributed by atoms with Gasteiger partial charge in [0.1, 0.15) is 5.69 Å². The molecule has 2 unspecified atom stereocenters. The lowest BCUT2D eigenvalue weighted by Gasteiger charge is -2.17. The summed E-state index contributed by atoms with van der Waals surface area (Å²) in [4.78, 5) is 22.6. The van der Waals surface area contributed by atoms with Gasteiger partial charge in [0, 0.05) is 19.2 Å². The molecule has 1 heterocycles. The highest BCUT2D eigenvalue weighted by molar-refractivity contribution is 5.91. The number of hydrogen-bond acceptors (Lipinski definition) is 4. The van der Waals surface area contributed by atoms with Gasteiger partial charge in [-0.25, -0.2) is 5.10 Å². The monoisotopic (exact) mass is 251 g/mol. The zero-order valence-corrected chi connectivity index (χ0v) is 10.1. The van der Waals surface area contributed by atoms with E-state index in [1.807, 2.05) is 0 Å². The third kappa shape index (κ3) is 2.95. The second-order valence-corrected chi connectivity index (χ2v) is 4.65. The number of aromatic nitrogens is 2. The number of aliphatic hydroxyl groups excluding tert-OH is 1. The summed E-state index contributed by atoms with van der Waals surface area (Å²) in [5, 5.41) is 17.9. The first-order valence-electron chi connectivity index (χ1n) is 6.15. The summed E-state index contributed by atoms with van der Waals surface area (Å²) in [5.74, 6) is 0.324. The van der Waals surface area contributed by atoms with Crippen LogP contribution < -0.4 is 10.9 Å². The van der Waals surface area contributed by atoms with E-state index in [2.05, 4.69) is 15.5 Å². The Hall–Kier alpha value is -1.69. The van der Waals surface area contributed by atoms with Crippen molar-refractivity contribution < 1.29 is 9.90 Å². The lowest BCUT2D eigenvalue weighted by atomic mass is 9.97. The molecule has 2 rings (SSSR count). The standard InChI is InChI=1S/C12H17N3O3/c16-7-9-3-1-2-8(9)6-13-12(18)10-4-5-11(17)15-14-10/h4-5,8-9,16H,1-3,6-7H2,(H,13,18)(H,15,17). The van der Waals surface area contributed by atoms with E-state index in [1.54, 1.807) is 0 Å². The van der Waals surface area contributed by atoms with Gasteiger partial charge in [0.2, 0.25) is 0 Å². The number of rotatable bonds is 4. The molecule has 0 spiro atoms. The van der Waals surface area contributed by atoms with Gasteiger partial charge in [0.25, 0.3) is 11.5 Å². The third-order valence-corrected chi connectivity index (χ3v) is 3.49. The molecule has 0 bridgehead atoms. The largest absolute Gasteiger partial charge is 0.396 e. The van der Waals surface area contributed by atoms with Crippen molar-refractivity contribution in [2.24, 2.45) is 11.8 Å². The average molecular weight is 251 g/mol. The summed E-state index contributed by atoms with van der Waals surface area (Å²) < 4.78 is 0. The molecular weight excluding hydrogens is 234 g/mol. The van der Waals surface area contributed by atoms with Crippen molar-refractivity contribution in [2.75, 3.05) is 13.2 Å². The Morgan fingerprint density at radius 1 is 1.44 bits per heavy atom. The van der Waals surface area contributed by atoms with Crippen LogP contribution in [0.25, 0.3) is 0 Å². The second kappa shape index (κ2) is 5.77.